The molecule has 4 amide bonds. The van der Waals surface area contributed by atoms with Gasteiger partial charge < -0.3 is 15.5 Å². The van der Waals surface area contributed by atoms with Gasteiger partial charge in [0.2, 0.25) is 5.91 Å². The lowest BCUT2D eigenvalue weighted by molar-refractivity contribution is -0.129. The summed E-state index contributed by atoms with van der Waals surface area (Å²) in [7, 11) is 0. The Labute approximate surface area is 172 Å². The summed E-state index contributed by atoms with van der Waals surface area (Å²) in [5, 5.41) is 14.1. The molecule has 0 spiro atoms. The number of H-pyrrole nitrogens is 1. The van der Waals surface area contributed by atoms with Gasteiger partial charge >= 0.3 is 6.03 Å². The van der Waals surface area contributed by atoms with Crippen LogP contribution in [-0.2, 0) is 9.59 Å². The molecule has 29 heavy (non-hydrogen) atoms. The molecule has 0 bridgehead atoms. The third-order valence-electron chi connectivity index (χ3n) is 5.62. The van der Waals surface area contributed by atoms with Gasteiger partial charge in [-0.25, -0.2) is 4.79 Å². The van der Waals surface area contributed by atoms with Crippen LogP contribution in [0.4, 0.5) is 10.5 Å². The number of anilines is 1. The van der Waals surface area contributed by atoms with Gasteiger partial charge in [-0.2, -0.15) is 5.10 Å². The number of amides is 4. The summed E-state index contributed by atoms with van der Waals surface area (Å²) in [6, 6.07) is 2.90. The average molecular weight is 419 g/mol. The number of nitrogens with one attached hydrogen (secondary N) is 3. The van der Waals surface area contributed by atoms with Gasteiger partial charge in [0.1, 0.15) is 6.04 Å². The molecule has 2 fully saturated rings. The number of piperidine rings is 1. The van der Waals surface area contributed by atoms with Crippen LogP contribution in [0.2, 0.25) is 5.02 Å². The Hall–Kier alpha value is -2.81. The quantitative estimate of drug-likeness (QED) is 0.637. The fourth-order valence-corrected chi connectivity index (χ4v) is 4.36. The van der Waals surface area contributed by atoms with Gasteiger partial charge in [0.15, 0.2) is 0 Å². The summed E-state index contributed by atoms with van der Waals surface area (Å²) in [6.45, 7) is 3.36. The molecule has 10 heteroatoms. The Bertz CT molecular complexity index is 953. The van der Waals surface area contributed by atoms with Crippen molar-refractivity contribution in [2.24, 2.45) is 5.92 Å². The van der Waals surface area contributed by atoms with Crippen molar-refractivity contribution in [1.82, 2.24) is 25.7 Å². The van der Waals surface area contributed by atoms with Crippen LogP contribution in [0, 0.1) is 5.92 Å². The van der Waals surface area contributed by atoms with Gasteiger partial charge in [-0.15, -0.1) is 0 Å². The van der Waals surface area contributed by atoms with Crippen LogP contribution in [0.3, 0.4) is 0 Å². The summed E-state index contributed by atoms with van der Waals surface area (Å²) in [6.07, 6.45) is 3.35. The van der Waals surface area contributed by atoms with E-state index in [0.717, 1.165) is 42.5 Å². The molecule has 3 heterocycles. The van der Waals surface area contributed by atoms with Gasteiger partial charge in [0.25, 0.3) is 5.91 Å². The first-order chi connectivity index (χ1) is 13.9. The van der Waals surface area contributed by atoms with E-state index < -0.39 is 6.04 Å². The number of imide groups is 1. The molecule has 2 aliphatic heterocycles. The summed E-state index contributed by atoms with van der Waals surface area (Å²) in [5.41, 5.74) is 1.92. The number of halogens is 1. The molecular weight excluding hydrogens is 396 g/mol. The minimum atomic E-state index is -0.504. The molecule has 0 saturated carbocycles. The molecule has 1 atom stereocenters. The largest absolute Gasteiger partial charge is 0.371 e. The van der Waals surface area contributed by atoms with Crippen molar-refractivity contribution in [3.05, 3.63) is 23.4 Å². The number of carbonyl (C=O) groups is 3. The minimum absolute atomic E-state index is 0.0764. The number of hydrogen-bond acceptors (Lipinski definition) is 5. The number of hydrogen-bond donors (Lipinski definition) is 3. The highest BCUT2D eigenvalue weighted by Crippen LogP contribution is 2.33. The molecule has 4 rings (SSSR count). The number of carbonyl (C=O) groups excluding carboxylic acids is 3. The van der Waals surface area contributed by atoms with Crippen molar-refractivity contribution in [2.75, 3.05) is 31.1 Å². The predicted molar refractivity (Wildman–Crippen MR) is 109 cm³/mol. The van der Waals surface area contributed by atoms with E-state index in [0.29, 0.717) is 5.02 Å². The zero-order chi connectivity index (χ0) is 20.5. The predicted octanol–water partition coefficient (Wildman–Crippen LogP) is 1.49. The van der Waals surface area contributed by atoms with Crippen molar-refractivity contribution in [3.63, 3.8) is 0 Å². The molecule has 1 aromatic heterocycles. The van der Waals surface area contributed by atoms with Gasteiger partial charge in [-0.05, 0) is 30.9 Å². The summed E-state index contributed by atoms with van der Waals surface area (Å²) in [5.74, 6) is -0.319. The van der Waals surface area contributed by atoms with Crippen molar-refractivity contribution < 1.29 is 14.4 Å². The molecule has 2 aromatic rings. The number of benzene rings is 1. The monoisotopic (exact) mass is 418 g/mol. The number of rotatable bonds is 5. The van der Waals surface area contributed by atoms with Crippen molar-refractivity contribution in [3.8, 4) is 0 Å². The van der Waals surface area contributed by atoms with E-state index in [2.05, 4.69) is 25.7 Å². The third kappa shape index (κ3) is 3.87. The topological polar surface area (TPSA) is 110 Å². The molecule has 0 aliphatic carbocycles. The van der Waals surface area contributed by atoms with Crippen molar-refractivity contribution in [1.29, 1.82) is 0 Å². The maximum atomic E-state index is 12.7. The highest BCUT2D eigenvalue weighted by molar-refractivity contribution is 6.31. The number of aromatic nitrogens is 2. The van der Waals surface area contributed by atoms with Crippen LogP contribution in [0.15, 0.2) is 18.3 Å². The first kappa shape index (κ1) is 19.5. The van der Waals surface area contributed by atoms with Gasteiger partial charge in [-0.1, -0.05) is 11.6 Å². The van der Waals surface area contributed by atoms with Crippen LogP contribution in [0.1, 0.15) is 19.8 Å². The fourth-order valence-electron chi connectivity index (χ4n) is 4.15. The van der Waals surface area contributed by atoms with Crippen LogP contribution < -0.4 is 15.5 Å². The molecular formula is C19H23ClN6O3. The Morgan fingerprint density at radius 3 is 2.79 bits per heavy atom. The number of nitrogens with zero attached hydrogens (tertiary/aromatic N) is 3. The van der Waals surface area contributed by atoms with Crippen LogP contribution in [-0.4, -0.2) is 65.2 Å². The molecule has 2 saturated heterocycles. The Morgan fingerprint density at radius 1 is 1.31 bits per heavy atom. The molecule has 1 aromatic carbocycles. The summed E-state index contributed by atoms with van der Waals surface area (Å²) >= 11 is 6.25. The first-order valence-corrected chi connectivity index (χ1v) is 10.1. The molecule has 154 valence electrons. The molecule has 1 unspecified atom stereocenters. The smallest absolute Gasteiger partial charge is 0.324 e. The van der Waals surface area contributed by atoms with Crippen molar-refractivity contribution >= 4 is 46.0 Å². The standard InChI is InChI=1S/C19H23ClN6O3/c1-11(27)21-4-7-26-18(28)17(23-19(26)29)12-2-5-25(6-3-12)16-9-13(20)8-15-14(16)10-22-24-15/h8-10,12,17H,2-7H2,1H3,(H,21,27)(H,22,24)(H,23,29). The Kier molecular flexibility index (Phi) is 5.31. The van der Waals surface area contributed by atoms with Gasteiger partial charge in [-0.3, -0.25) is 19.6 Å². The number of urea groups is 1. The van der Waals surface area contributed by atoms with Crippen LogP contribution in [0.5, 0.6) is 0 Å². The SMILES string of the molecule is CC(=O)NCCN1C(=O)NC(C2CCN(c3cc(Cl)cc4[nH]ncc34)CC2)C1=O. The lowest BCUT2D eigenvalue weighted by Crippen LogP contribution is -2.44. The maximum absolute atomic E-state index is 12.7. The van der Waals surface area contributed by atoms with E-state index in [1.807, 2.05) is 12.1 Å². The van der Waals surface area contributed by atoms with E-state index in [1.54, 1.807) is 6.20 Å². The van der Waals surface area contributed by atoms with E-state index >= 15 is 0 Å². The van der Waals surface area contributed by atoms with Crippen LogP contribution >= 0.6 is 11.6 Å². The van der Waals surface area contributed by atoms with Crippen LogP contribution in [0.25, 0.3) is 10.9 Å². The molecule has 2 aliphatic rings. The third-order valence-corrected chi connectivity index (χ3v) is 5.84. The lowest BCUT2D eigenvalue weighted by Gasteiger charge is -2.35. The van der Waals surface area contributed by atoms with Crippen molar-refractivity contribution in [2.45, 2.75) is 25.8 Å². The van der Waals surface area contributed by atoms with E-state index in [-0.39, 0.29) is 36.9 Å². The lowest BCUT2D eigenvalue weighted by atomic mass is 9.89. The zero-order valence-corrected chi connectivity index (χ0v) is 16.8. The second kappa shape index (κ2) is 7.90. The summed E-state index contributed by atoms with van der Waals surface area (Å²) in [4.78, 5) is 39.3. The molecule has 3 N–H and O–H groups in total. The number of aromatic amines is 1. The fraction of sp³-hybridized carbons (Fsp3) is 0.474. The zero-order valence-electron chi connectivity index (χ0n) is 16.1. The Morgan fingerprint density at radius 2 is 2.07 bits per heavy atom. The van der Waals surface area contributed by atoms with E-state index in [4.69, 9.17) is 11.6 Å². The highest BCUT2D eigenvalue weighted by Gasteiger charge is 2.43. The normalized spacial score (nSPS) is 20.4. The number of fused-ring (bicyclic) bond motifs is 1. The summed E-state index contributed by atoms with van der Waals surface area (Å²) < 4.78 is 0. The Balaban J connectivity index is 1.39. The van der Waals surface area contributed by atoms with E-state index in [9.17, 15) is 14.4 Å². The molecule has 0 radical (unpaired) electrons. The highest BCUT2D eigenvalue weighted by atomic mass is 35.5. The average Bonchev–Trinajstić information content (AvgIpc) is 3.26. The second-order valence-electron chi connectivity index (χ2n) is 7.48. The first-order valence-electron chi connectivity index (χ1n) is 9.68. The van der Waals surface area contributed by atoms with Gasteiger partial charge in [0, 0.05) is 49.2 Å². The minimum Gasteiger partial charge on any atom is -0.371 e. The second-order valence-corrected chi connectivity index (χ2v) is 7.92. The van der Waals surface area contributed by atoms with E-state index in [1.165, 1.54) is 11.8 Å². The maximum Gasteiger partial charge on any atom is 0.324 e. The molecule has 9 nitrogen and oxygen atoms in total. The van der Waals surface area contributed by atoms with Gasteiger partial charge in [0.05, 0.1) is 11.7 Å².